The fourth-order valence-electron chi connectivity index (χ4n) is 3.40. The summed E-state index contributed by atoms with van der Waals surface area (Å²) in [5, 5.41) is 4.25. The van der Waals surface area contributed by atoms with Gasteiger partial charge in [0, 0.05) is 23.6 Å². The van der Waals surface area contributed by atoms with Crippen molar-refractivity contribution in [1.29, 1.82) is 0 Å². The molecule has 3 heterocycles. The van der Waals surface area contributed by atoms with Crippen LogP contribution in [0.2, 0.25) is 0 Å². The summed E-state index contributed by atoms with van der Waals surface area (Å²) in [6.07, 6.45) is 2.32. The van der Waals surface area contributed by atoms with E-state index < -0.39 is 0 Å². The van der Waals surface area contributed by atoms with E-state index >= 15 is 0 Å². The average molecular weight is 358 g/mol. The standard InChI is InChI=1S/C21H18N4O2/c1-21(2)12-15-9-6-10-17(19(15)27-21)26-18-11-16(14-7-4-3-5-8-14)24-20-22-13-23-25(18)20/h3-11,13H,12H2,1-2H3. The van der Waals surface area contributed by atoms with Crippen LogP contribution in [0.1, 0.15) is 19.4 Å². The number of hydrogen-bond acceptors (Lipinski definition) is 5. The molecule has 0 amide bonds. The Morgan fingerprint density at radius 2 is 1.93 bits per heavy atom. The Morgan fingerprint density at radius 3 is 2.78 bits per heavy atom. The number of hydrogen-bond donors (Lipinski definition) is 0. The van der Waals surface area contributed by atoms with Gasteiger partial charge in [0.2, 0.25) is 5.88 Å². The molecule has 5 rings (SSSR count). The predicted octanol–water partition coefficient (Wildman–Crippen LogP) is 4.30. The monoisotopic (exact) mass is 358 g/mol. The van der Waals surface area contributed by atoms with E-state index in [9.17, 15) is 0 Å². The van der Waals surface area contributed by atoms with Crippen molar-refractivity contribution in [3.63, 3.8) is 0 Å². The number of fused-ring (bicyclic) bond motifs is 2. The van der Waals surface area contributed by atoms with Crippen LogP contribution in [-0.4, -0.2) is 25.2 Å². The van der Waals surface area contributed by atoms with E-state index in [0.29, 0.717) is 17.4 Å². The Hall–Kier alpha value is -3.41. The van der Waals surface area contributed by atoms with Gasteiger partial charge in [-0.1, -0.05) is 42.5 Å². The molecule has 0 saturated heterocycles. The predicted molar refractivity (Wildman–Crippen MR) is 101 cm³/mol. The molecule has 0 bridgehead atoms. The Labute approximate surface area is 156 Å². The van der Waals surface area contributed by atoms with Crippen LogP contribution in [0.15, 0.2) is 60.9 Å². The fraction of sp³-hybridized carbons (Fsp3) is 0.190. The highest BCUT2D eigenvalue weighted by Crippen LogP contribution is 2.43. The lowest BCUT2D eigenvalue weighted by molar-refractivity contribution is 0.134. The summed E-state index contributed by atoms with van der Waals surface area (Å²) in [5.41, 5.74) is 2.67. The first-order valence-electron chi connectivity index (χ1n) is 8.84. The number of ether oxygens (including phenoxy) is 2. The van der Waals surface area contributed by atoms with Gasteiger partial charge in [-0.3, -0.25) is 0 Å². The van der Waals surface area contributed by atoms with Crippen molar-refractivity contribution in [2.75, 3.05) is 0 Å². The second kappa shape index (κ2) is 5.81. The summed E-state index contributed by atoms with van der Waals surface area (Å²) in [6, 6.07) is 17.8. The highest BCUT2D eigenvalue weighted by atomic mass is 16.5. The summed E-state index contributed by atoms with van der Waals surface area (Å²) in [7, 11) is 0. The van der Waals surface area contributed by atoms with Gasteiger partial charge in [-0.2, -0.15) is 14.6 Å². The first kappa shape index (κ1) is 15.8. The summed E-state index contributed by atoms with van der Waals surface area (Å²) in [6.45, 7) is 4.15. The zero-order valence-corrected chi connectivity index (χ0v) is 15.1. The van der Waals surface area contributed by atoms with Crippen LogP contribution >= 0.6 is 0 Å². The molecule has 6 nitrogen and oxygen atoms in total. The van der Waals surface area contributed by atoms with Crippen molar-refractivity contribution in [2.24, 2.45) is 0 Å². The lowest BCUT2D eigenvalue weighted by Gasteiger charge is -2.18. The molecule has 134 valence electrons. The maximum Gasteiger partial charge on any atom is 0.255 e. The largest absolute Gasteiger partial charge is 0.483 e. The molecule has 1 aliphatic heterocycles. The molecule has 0 aliphatic carbocycles. The number of aromatic nitrogens is 4. The summed E-state index contributed by atoms with van der Waals surface area (Å²) in [5.74, 6) is 2.48. The SMILES string of the molecule is CC1(C)Cc2cccc(Oc3cc(-c4ccccc4)nc4ncnn34)c2O1. The number of benzene rings is 2. The molecule has 0 spiro atoms. The zero-order valence-electron chi connectivity index (χ0n) is 15.1. The zero-order chi connectivity index (χ0) is 18.4. The van der Waals surface area contributed by atoms with Crippen molar-refractivity contribution < 1.29 is 9.47 Å². The van der Waals surface area contributed by atoms with Gasteiger partial charge in [0.15, 0.2) is 11.5 Å². The molecule has 1 aliphatic rings. The molecule has 0 radical (unpaired) electrons. The smallest absolute Gasteiger partial charge is 0.255 e. The molecular formula is C21H18N4O2. The fourth-order valence-corrected chi connectivity index (χ4v) is 3.40. The highest BCUT2D eigenvalue weighted by Gasteiger charge is 2.32. The van der Waals surface area contributed by atoms with Crippen LogP contribution in [-0.2, 0) is 6.42 Å². The molecule has 4 aromatic rings. The Morgan fingerprint density at radius 1 is 1.07 bits per heavy atom. The quantitative estimate of drug-likeness (QED) is 0.546. The molecule has 0 saturated carbocycles. The summed E-state index contributed by atoms with van der Waals surface area (Å²) < 4.78 is 14.0. The third-order valence-corrected chi connectivity index (χ3v) is 4.56. The van der Waals surface area contributed by atoms with Crippen LogP contribution in [0.3, 0.4) is 0 Å². The van der Waals surface area contributed by atoms with Crippen LogP contribution in [0.5, 0.6) is 17.4 Å². The van der Waals surface area contributed by atoms with E-state index in [1.807, 2.05) is 48.5 Å². The maximum absolute atomic E-state index is 6.24. The first-order valence-corrected chi connectivity index (χ1v) is 8.84. The van der Waals surface area contributed by atoms with Crippen molar-refractivity contribution in [3.05, 3.63) is 66.5 Å². The van der Waals surface area contributed by atoms with E-state index in [1.165, 1.54) is 6.33 Å². The Bertz CT molecular complexity index is 1140. The van der Waals surface area contributed by atoms with Gasteiger partial charge in [0.25, 0.3) is 5.78 Å². The van der Waals surface area contributed by atoms with Crippen LogP contribution in [0.4, 0.5) is 0 Å². The lowest BCUT2D eigenvalue weighted by Crippen LogP contribution is -2.24. The van der Waals surface area contributed by atoms with Crippen LogP contribution in [0.25, 0.3) is 17.0 Å². The average Bonchev–Trinajstić information content (AvgIpc) is 3.25. The van der Waals surface area contributed by atoms with Gasteiger partial charge in [-0.05, 0) is 19.9 Å². The van der Waals surface area contributed by atoms with Gasteiger partial charge in [-0.25, -0.2) is 4.98 Å². The minimum Gasteiger partial charge on any atom is -0.483 e. The van der Waals surface area contributed by atoms with Crippen molar-refractivity contribution in [3.8, 4) is 28.6 Å². The highest BCUT2D eigenvalue weighted by molar-refractivity contribution is 5.62. The molecule has 27 heavy (non-hydrogen) atoms. The second-order valence-corrected chi connectivity index (χ2v) is 7.20. The van der Waals surface area contributed by atoms with Gasteiger partial charge < -0.3 is 9.47 Å². The number of nitrogens with zero attached hydrogens (tertiary/aromatic N) is 4. The molecule has 0 atom stereocenters. The molecular weight excluding hydrogens is 340 g/mol. The van der Waals surface area contributed by atoms with Crippen molar-refractivity contribution >= 4 is 5.78 Å². The van der Waals surface area contributed by atoms with Gasteiger partial charge in [0.1, 0.15) is 11.9 Å². The number of para-hydroxylation sites is 1. The Balaban J connectivity index is 1.61. The molecule has 0 N–H and O–H groups in total. The lowest BCUT2D eigenvalue weighted by atomic mass is 10.0. The molecule has 2 aromatic carbocycles. The first-order chi connectivity index (χ1) is 13.1. The van der Waals surface area contributed by atoms with Gasteiger partial charge >= 0.3 is 0 Å². The van der Waals surface area contributed by atoms with E-state index in [0.717, 1.165) is 29.0 Å². The van der Waals surface area contributed by atoms with E-state index in [2.05, 4.69) is 35.0 Å². The molecule has 0 fully saturated rings. The normalized spacial score (nSPS) is 14.7. The maximum atomic E-state index is 6.24. The van der Waals surface area contributed by atoms with E-state index in [-0.39, 0.29) is 5.60 Å². The van der Waals surface area contributed by atoms with Crippen LogP contribution < -0.4 is 9.47 Å². The van der Waals surface area contributed by atoms with Crippen molar-refractivity contribution in [1.82, 2.24) is 19.6 Å². The van der Waals surface area contributed by atoms with Crippen molar-refractivity contribution in [2.45, 2.75) is 25.9 Å². The summed E-state index contributed by atoms with van der Waals surface area (Å²) >= 11 is 0. The summed E-state index contributed by atoms with van der Waals surface area (Å²) in [4.78, 5) is 8.81. The molecule has 6 heteroatoms. The van der Waals surface area contributed by atoms with Gasteiger partial charge in [0.05, 0.1) is 5.69 Å². The minimum atomic E-state index is -0.238. The topological polar surface area (TPSA) is 61.5 Å². The van der Waals surface area contributed by atoms with Gasteiger partial charge in [-0.15, -0.1) is 0 Å². The third-order valence-electron chi connectivity index (χ3n) is 4.56. The van der Waals surface area contributed by atoms with E-state index in [1.54, 1.807) is 4.52 Å². The number of rotatable bonds is 3. The van der Waals surface area contributed by atoms with Crippen LogP contribution in [0, 0.1) is 0 Å². The minimum absolute atomic E-state index is 0.238. The third kappa shape index (κ3) is 2.79. The Kier molecular flexibility index (Phi) is 3.40. The molecule has 0 unspecified atom stereocenters. The molecule has 2 aromatic heterocycles. The van der Waals surface area contributed by atoms with E-state index in [4.69, 9.17) is 9.47 Å². The second-order valence-electron chi connectivity index (χ2n) is 7.20.